The van der Waals surface area contributed by atoms with E-state index in [1.807, 2.05) is 20.8 Å². The number of hydrogen-bond acceptors (Lipinski definition) is 1. The van der Waals surface area contributed by atoms with Gasteiger partial charge in [0.25, 0.3) is 0 Å². The third-order valence-corrected chi connectivity index (χ3v) is 2.86. The Kier molecular flexibility index (Phi) is 2.44. The van der Waals surface area contributed by atoms with E-state index in [2.05, 4.69) is 5.32 Å². The van der Waals surface area contributed by atoms with Crippen molar-refractivity contribution in [2.24, 2.45) is 5.41 Å². The summed E-state index contributed by atoms with van der Waals surface area (Å²) in [5, 5.41) is 3.01. The van der Waals surface area contributed by atoms with Gasteiger partial charge in [-0.05, 0) is 25.8 Å². The lowest BCUT2D eigenvalue weighted by atomic mass is 9.67. The SMILES string of the molecule is CNC1(C)CC(C)(C)CC(F)(F)C1. The first-order chi connectivity index (χ1) is 5.68. The average molecular weight is 191 g/mol. The van der Waals surface area contributed by atoms with Crippen LogP contribution in [0.25, 0.3) is 0 Å². The first-order valence-corrected chi connectivity index (χ1v) is 4.75. The molecule has 0 spiro atoms. The van der Waals surface area contributed by atoms with Crippen LogP contribution in [-0.2, 0) is 0 Å². The molecule has 1 aliphatic carbocycles. The summed E-state index contributed by atoms with van der Waals surface area (Å²) in [6.07, 6.45) is 0.781. The molecule has 0 aliphatic heterocycles. The summed E-state index contributed by atoms with van der Waals surface area (Å²) in [5.74, 6) is -2.51. The smallest absolute Gasteiger partial charge is 0.250 e. The Labute approximate surface area is 78.9 Å². The van der Waals surface area contributed by atoms with Crippen LogP contribution in [-0.4, -0.2) is 18.5 Å². The van der Waals surface area contributed by atoms with E-state index in [1.165, 1.54) is 0 Å². The number of hydrogen-bond donors (Lipinski definition) is 1. The van der Waals surface area contributed by atoms with E-state index in [0.717, 1.165) is 6.42 Å². The predicted octanol–water partition coefficient (Wildman–Crippen LogP) is 2.81. The van der Waals surface area contributed by atoms with Crippen LogP contribution in [0.4, 0.5) is 8.78 Å². The normalized spacial score (nSPS) is 37.4. The van der Waals surface area contributed by atoms with Crippen LogP contribution in [0.5, 0.6) is 0 Å². The van der Waals surface area contributed by atoms with Crippen LogP contribution < -0.4 is 5.32 Å². The Morgan fingerprint density at radius 3 is 1.92 bits per heavy atom. The zero-order chi connectivity index (χ0) is 10.3. The van der Waals surface area contributed by atoms with Gasteiger partial charge in [-0.25, -0.2) is 8.78 Å². The molecule has 0 bridgehead atoms. The highest BCUT2D eigenvalue weighted by molar-refractivity contribution is 4.99. The molecule has 3 heteroatoms. The molecule has 1 rings (SSSR count). The molecule has 13 heavy (non-hydrogen) atoms. The number of alkyl halides is 2. The molecule has 1 atom stereocenters. The largest absolute Gasteiger partial charge is 0.314 e. The first kappa shape index (κ1) is 10.9. The molecule has 0 aromatic rings. The lowest BCUT2D eigenvalue weighted by Crippen LogP contribution is -2.53. The number of halogens is 2. The van der Waals surface area contributed by atoms with Crippen LogP contribution in [0.15, 0.2) is 0 Å². The predicted molar refractivity (Wildman–Crippen MR) is 50.0 cm³/mol. The number of rotatable bonds is 1. The maximum absolute atomic E-state index is 13.3. The molecule has 1 aliphatic rings. The van der Waals surface area contributed by atoms with Crippen molar-refractivity contribution in [3.05, 3.63) is 0 Å². The van der Waals surface area contributed by atoms with E-state index < -0.39 is 11.5 Å². The van der Waals surface area contributed by atoms with Gasteiger partial charge in [-0.2, -0.15) is 0 Å². The molecule has 1 unspecified atom stereocenters. The summed E-state index contributed by atoms with van der Waals surface area (Å²) in [6.45, 7) is 5.70. The molecule has 0 aromatic carbocycles. The summed E-state index contributed by atoms with van der Waals surface area (Å²) in [4.78, 5) is 0. The molecular weight excluding hydrogens is 172 g/mol. The van der Waals surface area contributed by atoms with Crippen LogP contribution in [0.1, 0.15) is 40.0 Å². The van der Waals surface area contributed by atoms with Gasteiger partial charge >= 0.3 is 0 Å². The minimum atomic E-state index is -2.51. The van der Waals surface area contributed by atoms with Crippen molar-refractivity contribution in [2.75, 3.05) is 7.05 Å². The van der Waals surface area contributed by atoms with Gasteiger partial charge < -0.3 is 5.32 Å². The summed E-state index contributed by atoms with van der Waals surface area (Å²) in [6, 6.07) is 0. The van der Waals surface area contributed by atoms with Crippen LogP contribution in [0.2, 0.25) is 0 Å². The molecule has 0 heterocycles. The Morgan fingerprint density at radius 2 is 1.54 bits per heavy atom. The minimum Gasteiger partial charge on any atom is -0.314 e. The average Bonchev–Trinajstić information content (AvgIpc) is 1.79. The first-order valence-electron chi connectivity index (χ1n) is 4.75. The third kappa shape index (κ3) is 2.63. The molecule has 1 nitrogen and oxygen atoms in total. The highest BCUT2D eigenvalue weighted by Crippen LogP contribution is 2.48. The molecule has 0 saturated heterocycles. The summed E-state index contributed by atoms with van der Waals surface area (Å²) < 4.78 is 26.7. The second-order valence-electron chi connectivity index (χ2n) is 5.36. The van der Waals surface area contributed by atoms with Crippen molar-refractivity contribution < 1.29 is 8.78 Å². The van der Waals surface area contributed by atoms with Gasteiger partial charge in [-0.3, -0.25) is 0 Å². The molecule has 0 amide bonds. The van der Waals surface area contributed by atoms with Crippen molar-refractivity contribution >= 4 is 0 Å². The van der Waals surface area contributed by atoms with Gasteiger partial charge in [0.15, 0.2) is 0 Å². The highest BCUT2D eigenvalue weighted by atomic mass is 19.3. The van der Waals surface area contributed by atoms with Crippen LogP contribution in [0.3, 0.4) is 0 Å². The van der Waals surface area contributed by atoms with Gasteiger partial charge in [0.05, 0.1) is 0 Å². The standard InChI is InChI=1S/C10H19F2N/c1-8(2)5-9(3,13-4)7-10(11,12)6-8/h13H,5-7H2,1-4H3. The van der Waals surface area contributed by atoms with Gasteiger partial charge in [0, 0.05) is 18.4 Å². The Hall–Kier alpha value is -0.180. The number of nitrogens with one attached hydrogen (secondary N) is 1. The fraction of sp³-hybridized carbons (Fsp3) is 1.00. The second kappa shape index (κ2) is 2.91. The summed E-state index contributed by atoms with van der Waals surface area (Å²) in [7, 11) is 1.76. The Morgan fingerprint density at radius 1 is 1.00 bits per heavy atom. The summed E-state index contributed by atoms with van der Waals surface area (Å²) in [5.41, 5.74) is -0.676. The van der Waals surface area contributed by atoms with E-state index in [-0.39, 0.29) is 18.3 Å². The highest BCUT2D eigenvalue weighted by Gasteiger charge is 2.49. The van der Waals surface area contributed by atoms with Gasteiger partial charge in [0.2, 0.25) is 5.92 Å². The van der Waals surface area contributed by atoms with E-state index in [0.29, 0.717) is 0 Å². The molecule has 78 valence electrons. The monoisotopic (exact) mass is 191 g/mol. The van der Waals surface area contributed by atoms with Crippen LogP contribution in [0, 0.1) is 5.41 Å². The maximum atomic E-state index is 13.3. The third-order valence-electron chi connectivity index (χ3n) is 2.86. The van der Waals surface area contributed by atoms with Gasteiger partial charge in [-0.1, -0.05) is 13.8 Å². The summed E-state index contributed by atoms with van der Waals surface area (Å²) >= 11 is 0. The van der Waals surface area contributed by atoms with E-state index in [1.54, 1.807) is 7.05 Å². The zero-order valence-electron chi connectivity index (χ0n) is 8.88. The van der Waals surface area contributed by atoms with Gasteiger partial charge in [-0.15, -0.1) is 0 Å². The Bertz CT molecular complexity index is 183. The molecule has 1 saturated carbocycles. The quantitative estimate of drug-likeness (QED) is 0.672. The van der Waals surface area contributed by atoms with Crippen molar-refractivity contribution in [3.8, 4) is 0 Å². The van der Waals surface area contributed by atoms with Crippen molar-refractivity contribution in [3.63, 3.8) is 0 Å². The topological polar surface area (TPSA) is 12.0 Å². The molecule has 0 aromatic heterocycles. The maximum Gasteiger partial charge on any atom is 0.250 e. The fourth-order valence-corrected chi connectivity index (χ4v) is 2.69. The lowest BCUT2D eigenvalue weighted by molar-refractivity contribution is -0.103. The zero-order valence-corrected chi connectivity index (χ0v) is 8.88. The van der Waals surface area contributed by atoms with Gasteiger partial charge in [0.1, 0.15) is 0 Å². The molecule has 0 radical (unpaired) electrons. The Balaban J connectivity index is 2.84. The van der Waals surface area contributed by atoms with Crippen molar-refractivity contribution in [1.82, 2.24) is 5.32 Å². The second-order valence-corrected chi connectivity index (χ2v) is 5.36. The van der Waals surface area contributed by atoms with E-state index in [4.69, 9.17) is 0 Å². The van der Waals surface area contributed by atoms with Crippen molar-refractivity contribution in [1.29, 1.82) is 0 Å². The van der Waals surface area contributed by atoms with Crippen LogP contribution >= 0.6 is 0 Å². The van der Waals surface area contributed by atoms with E-state index in [9.17, 15) is 8.78 Å². The molecule has 1 N–H and O–H groups in total. The van der Waals surface area contributed by atoms with E-state index >= 15 is 0 Å². The molecular formula is C10H19F2N. The fourth-order valence-electron chi connectivity index (χ4n) is 2.69. The van der Waals surface area contributed by atoms with Crippen molar-refractivity contribution in [2.45, 2.75) is 51.5 Å². The molecule has 1 fully saturated rings. The minimum absolute atomic E-state index is 0.0112. The lowest BCUT2D eigenvalue weighted by Gasteiger charge is -2.46.